The van der Waals surface area contributed by atoms with E-state index in [9.17, 15) is 0 Å². The van der Waals surface area contributed by atoms with Crippen LogP contribution in [0.1, 0.15) is 13.8 Å². The fraction of sp³-hybridized carbons (Fsp3) is 0.455. The summed E-state index contributed by atoms with van der Waals surface area (Å²) in [6.07, 6.45) is 0. The number of benzene rings is 1. The molecule has 1 aromatic carbocycles. The molecule has 0 aliphatic rings. The van der Waals surface area contributed by atoms with Crippen LogP contribution in [0.5, 0.6) is 0 Å². The van der Waals surface area contributed by atoms with Crippen LogP contribution in [0.4, 0.5) is 5.69 Å². The van der Waals surface area contributed by atoms with Crippen LogP contribution >= 0.6 is 11.6 Å². The maximum Gasteiger partial charge on any atom is 0.0639 e. The summed E-state index contributed by atoms with van der Waals surface area (Å²) in [6, 6.07) is 8.18. The molecular formula is C11H17ClN2. The molecule has 0 bridgehead atoms. The maximum atomic E-state index is 6.12. The molecule has 0 amide bonds. The van der Waals surface area contributed by atoms with Crippen LogP contribution in [-0.4, -0.2) is 19.1 Å². The minimum atomic E-state index is 0.319. The first-order valence-electron chi connectivity index (χ1n) is 4.92. The van der Waals surface area contributed by atoms with Gasteiger partial charge in [-0.2, -0.15) is 0 Å². The van der Waals surface area contributed by atoms with Crippen LogP contribution in [-0.2, 0) is 0 Å². The summed E-state index contributed by atoms with van der Waals surface area (Å²) in [6.45, 7) is 5.77. The van der Waals surface area contributed by atoms with Gasteiger partial charge < -0.3 is 10.6 Å². The van der Waals surface area contributed by atoms with Crippen LogP contribution in [0.25, 0.3) is 0 Å². The summed E-state index contributed by atoms with van der Waals surface area (Å²) in [5, 5.41) is 0.787. The van der Waals surface area contributed by atoms with E-state index in [1.165, 1.54) is 0 Å². The third-order valence-corrected chi connectivity index (χ3v) is 2.70. The Hall–Kier alpha value is -0.730. The minimum Gasteiger partial charge on any atom is -0.367 e. The quantitative estimate of drug-likeness (QED) is 0.831. The van der Waals surface area contributed by atoms with Gasteiger partial charge in [0.2, 0.25) is 0 Å². The molecule has 3 heteroatoms. The molecule has 0 radical (unpaired) electrons. The molecule has 0 saturated carbocycles. The van der Waals surface area contributed by atoms with Crippen molar-refractivity contribution in [3.05, 3.63) is 29.3 Å². The van der Waals surface area contributed by atoms with E-state index in [-0.39, 0.29) is 0 Å². The lowest BCUT2D eigenvalue weighted by Crippen LogP contribution is -2.38. The Balaban J connectivity index is 2.94. The molecular weight excluding hydrogens is 196 g/mol. The van der Waals surface area contributed by atoms with E-state index in [2.05, 4.69) is 18.7 Å². The third-order valence-electron chi connectivity index (χ3n) is 2.38. The molecule has 0 heterocycles. The van der Waals surface area contributed by atoms with Gasteiger partial charge in [0.1, 0.15) is 0 Å². The Labute approximate surface area is 90.7 Å². The molecule has 1 unspecified atom stereocenters. The fourth-order valence-corrected chi connectivity index (χ4v) is 1.78. The number of nitrogens with zero attached hydrogens (tertiary/aromatic N) is 1. The Morgan fingerprint density at radius 2 is 2.07 bits per heavy atom. The Morgan fingerprint density at radius 1 is 1.43 bits per heavy atom. The summed E-state index contributed by atoms with van der Waals surface area (Å²) in [4.78, 5) is 2.21. The predicted molar refractivity (Wildman–Crippen MR) is 63.0 cm³/mol. The van der Waals surface area contributed by atoms with Crippen molar-refractivity contribution in [2.75, 3.05) is 18.0 Å². The molecule has 0 saturated heterocycles. The lowest BCUT2D eigenvalue weighted by atomic mass is 10.2. The Kier molecular flexibility index (Phi) is 4.23. The van der Waals surface area contributed by atoms with E-state index in [0.717, 1.165) is 17.3 Å². The maximum absolute atomic E-state index is 6.12. The first kappa shape index (κ1) is 11.3. The van der Waals surface area contributed by atoms with Crippen molar-refractivity contribution in [3.8, 4) is 0 Å². The fourth-order valence-electron chi connectivity index (χ4n) is 1.53. The number of anilines is 1. The number of likely N-dealkylation sites (N-methyl/N-ethyl adjacent to an activating group) is 1. The summed E-state index contributed by atoms with van der Waals surface area (Å²) < 4.78 is 0. The molecule has 78 valence electrons. The molecule has 0 aliphatic heterocycles. The monoisotopic (exact) mass is 212 g/mol. The predicted octanol–water partition coefficient (Wildman–Crippen LogP) is 2.51. The highest BCUT2D eigenvalue weighted by Crippen LogP contribution is 2.26. The van der Waals surface area contributed by atoms with Crippen molar-refractivity contribution >= 4 is 17.3 Å². The van der Waals surface area contributed by atoms with Crippen LogP contribution in [0.3, 0.4) is 0 Å². The molecule has 1 rings (SSSR count). The van der Waals surface area contributed by atoms with Gasteiger partial charge in [-0.05, 0) is 26.0 Å². The zero-order valence-corrected chi connectivity index (χ0v) is 9.46. The van der Waals surface area contributed by atoms with E-state index in [1.807, 2.05) is 24.3 Å². The molecule has 2 nitrogen and oxygen atoms in total. The van der Waals surface area contributed by atoms with Gasteiger partial charge in [-0.15, -0.1) is 0 Å². The van der Waals surface area contributed by atoms with Gasteiger partial charge >= 0.3 is 0 Å². The SMILES string of the molecule is CCN(c1ccccc1Cl)C(C)CN. The van der Waals surface area contributed by atoms with Crippen molar-refractivity contribution in [2.24, 2.45) is 5.73 Å². The highest BCUT2D eigenvalue weighted by molar-refractivity contribution is 6.33. The second kappa shape index (κ2) is 5.23. The van der Waals surface area contributed by atoms with Crippen LogP contribution in [0.2, 0.25) is 5.02 Å². The summed E-state index contributed by atoms with van der Waals surface area (Å²) in [5.41, 5.74) is 6.72. The van der Waals surface area contributed by atoms with Crippen molar-refractivity contribution < 1.29 is 0 Å². The summed E-state index contributed by atoms with van der Waals surface area (Å²) in [5.74, 6) is 0. The van der Waals surface area contributed by atoms with Gasteiger partial charge in [0, 0.05) is 19.1 Å². The number of nitrogens with two attached hydrogens (primary N) is 1. The number of hydrogen-bond acceptors (Lipinski definition) is 2. The number of halogens is 1. The van der Waals surface area contributed by atoms with E-state index < -0.39 is 0 Å². The highest BCUT2D eigenvalue weighted by Gasteiger charge is 2.13. The average Bonchev–Trinajstić information content (AvgIpc) is 2.21. The highest BCUT2D eigenvalue weighted by atomic mass is 35.5. The molecule has 0 spiro atoms. The van der Waals surface area contributed by atoms with Crippen LogP contribution < -0.4 is 10.6 Å². The van der Waals surface area contributed by atoms with Crippen molar-refractivity contribution in [2.45, 2.75) is 19.9 Å². The summed E-state index contributed by atoms with van der Waals surface area (Å²) in [7, 11) is 0. The third kappa shape index (κ3) is 2.40. The van der Waals surface area contributed by atoms with Crippen LogP contribution in [0, 0.1) is 0 Å². The van der Waals surface area contributed by atoms with E-state index in [0.29, 0.717) is 12.6 Å². The number of rotatable bonds is 4. The Morgan fingerprint density at radius 3 is 2.57 bits per heavy atom. The largest absolute Gasteiger partial charge is 0.367 e. The van der Waals surface area contributed by atoms with E-state index >= 15 is 0 Å². The van der Waals surface area contributed by atoms with Crippen LogP contribution in [0.15, 0.2) is 24.3 Å². The number of para-hydroxylation sites is 1. The Bertz CT molecular complexity index is 288. The molecule has 0 aromatic heterocycles. The zero-order valence-electron chi connectivity index (χ0n) is 8.70. The minimum absolute atomic E-state index is 0.319. The first-order valence-corrected chi connectivity index (χ1v) is 5.29. The molecule has 1 atom stereocenters. The second-order valence-electron chi connectivity index (χ2n) is 3.32. The van der Waals surface area contributed by atoms with Crippen molar-refractivity contribution in [3.63, 3.8) is 0 Å². The molecule has 0 aliphatic carbocycles. The first-order chi connectivity index (χ1) is 6.70. The van der Waals surface area contributed by atoms with Gasteiger partial charge in [0.15, 0.2) is 0 Å². The normalized spacial score (nSPS) is 12.6. The standard InChI is InChI=1S/C11H17ClN2/c1-3-14(9(2)8-13)11-7-5-4-6-10(11)12/h4-7,9H,3,8,13H2,1-2H3. The summed E-state index contributed by atoms with van der Waals surface area (Å²) >= 11 is 6.12. The van der Waals surface area contributed by atoms with Crippen molar-refractivity contribution in [1.82, 2.24) is 0 Å². The molecule has 1 aromatic rings. The smallest absolute Gasteiger partial charge is 0.0639 e. The zero-order chi connectivity index (χ0) is 10.6. The van der Waals surface area contributed by atoms with Gasteiger partial charge in [-0.25, -0.2) is 0 Å². The number of hydrogen-bond donors (Lipinski definition) is 1. The van der Waals surface area contributed by atoms with Crippen molar-refractivity contribution in [1.29, 1.82) is 0 Å². The lowest BCUT2D eigenvalue weighted by Gasteiger charge is -2.29. The van der Waals surface area contributed by atoms with E-state index in [4.69, 9.17) is 17.3 Å². The topological polar surface area (TPSA) is 29.3 Å². The second-order valence-corrected chi connectivity index (χ2v) is 3.73. The average molecular weight is 213 g/mol. The molecule has 14 heavy (non-hydrogen) atoms. The van der Waals surface area contributed by atoms with Gasteiger partial charge in [-0.3, -0.25) is 0 Å². The van der Waals surface area contributed by atoms with Gasteiger partial charge in [0.05, 0.1) is 10.7 Å². The van der Waals surface area contributed by atoms with E-state index in [1.54, 1.807) is 0 Å². The lowest BCUT2D eigenvalue weighted by molar-refractivity contribution is 0.657. The van der Waals surface area contributed by atoms with Gasteiger partial charge in [0.25, 0.3) is 0 Å². The molecule has 0 fully saturated rings. The molecule has 2 N–H and O–H groups in total. The van der Waals surface area contributed by atoms with Gasteiger partial charge in [-0.1, -0.05) is 23.7 Å².